The highest BCUT2D eigenvalue weighted by atomic mass is 15.3. The average molecular weight is 198 g/mol. The van der Waals surface area contributed by atoms with Crippen molar-refractivity contribution in [2.24, 2.45) is 0 Å². The van der Waals surface area contributed by atoms with E-state index >= 15 is 0 Å². The molecule has 0 aromatic rings. The Kier molecular flexibility index (Phi) is 3.96. The fourth-order valence-electron chi connectivity index (χ4n) is 2.49. The summed E-state index contributed by atoms with van der Waals surface area (Å²) < 4.78 is 0. The lowest BCUT2D eigenvalue weighted by atomic mass is 9.89. The fraction of sp³-hybridized carbons (Fsp3) is 1.00. The summed E-state index contributed by atoms with van der Waals surface area (Å²) in [5.74, 6) is 0. The third kappa shape index (κ3) is 2.71. The van der Waals surface area contributed by atoms with Crippen LogP contribution < -0.4 is 5.32 Å². The summed E-state index contributed by atoms with van der Waals surface area (Å²) in [5.41, 5.74) is 0.350. The molecule has 1 fully saturated rings. The van der Waals surface area contributed by atoms with Crippen LogP contribution in [-0.4, -0.2) is 29.7 Å². The molecule has 0 spiro atoms. The Hall–Kier alpha value is -0.0800. The van der Waals surface area contributed by atoms with E-state index in [1.54, 1.807) is 0 Å². The molecule has 84 valence electrons. The quantitative estimate of drug-likeness (QED) is 0.750. The molecule has 0 amide bonds. The maximum atomic E-state index is 3.68. The molecular formula is C12H26N2. The van der Waals surface area contributed by atoms with Crippen LogP contribution in [0.5, 0.6) is 0 Å². The van der Waals surface area contributed by atoms with Crippen molar-refractivity contribution in [3.05, 3.63) is 0 Å². The van der Waals surface area contributed by atoms with Gasteiger partial charge in [0, 0.05) is 11.6 Å². The van der Waals surface area contributed by atoms with E-state index in [0.29, 0.717) is 17.7 Å². The topological polar surface area (TPSA) is 15.3 Å². The molecule has 0 bridgehead atoms. The molecule has 2 atom stereocenters. The molecule has 1 rings (SSSR count). The van der Waals surface area contributed by atoms with Crippen LogP contribution in [0.3, 0.4) is 0 Å². The molecule has 1 aliphatic rings. The molecule has 1 saturated heterocycles. The maximum Gasteiger partial charge on any atom is 0.0600 e. The number of unbranched alkanes of at least 4 members (excludes halogenated alkanes) is 1. The molecule has 0 aromatic heterocycles. The molecule has 1 aliphatic heterocycles. The van der Waals surface area contributed by atoms with Crippen LogP contribution in [0, 0.1) is 0 Å². The van der Waals surface area contributed by atoms with E-state index in [0.717, 1.165) is 0 Å². The maximum absolute atomic E-state index is 3.68. The van der Waals surface area contributed by atoms with E-state index in [4.69, 9.17) is 0 Å². The van der Waals surface area contributed by atoms with Crippen LogP contribution in [0.25, 0.3) is 0 Å². The summed E-state index contributed by atoms with van der Waals surface area (Å²) >= 11 is 0. The van der Waals surface area contributed by atoms with Gasteiger partial charge in [-0.25, -0.2) is 0 Å². The normalized spacial score (nSPS) is 33.2. The molecule has 2 unspecified atom stereocenters. The van der Waals surface area contributed by atoms with Gasteiger partial charge in [-0.1, -0.05) is 19.8 Å². The van der Waals surface area contributed by atoms with Crippen LogP contribution in [0.15, 0.2) is 0 Å². The minimum Gasteiger partial charge on any atom is -0.299 e. The summed E-state index contributed by atoms with van der Waals surface area (Å²) in [5, 5.41) is 3.68. The smallest absolute Gasteiger partial charge is 0.0600 e. The molecule has 14 heavy (non-hydrogen) atoms. The zero-order valence-electron chi connectivity index (χ0n) is 10.4. The third-order valence-electron chi connectivity index (χ3n) is 3.54. The molecule has 2 nitrogen and oxygen atoms in total. The highest BCUT2D eigenvalue weighted by Gasteiger charge is 2.35. The van der Waals surface area contributed by atoms with Crippen LogP contribution in [0.2, 0.25) is 0 Å². The van der Waals surface area contributed by atoms with E-state index in [1.807, 2.05) is 0 Å². The average Bonchev–Trinajstić information content (AvgIpc) is 2.08. The van der Waals surface area contributed by atoms with E-state index in [1.165, 1.54) is 25.7 Å². The number of hydrogen-bond donors (Lipinski definition) is 1. The summed E-state index contributed by atoms with van der Waals surface area (Å²) in [6.07, 6.45) is 5.71. The largest absolute Gasteiger partial charge is 0.299 e. The fourth-order valence-corrected chi connectivity index (χ4v) is 2.49. The van der Waals surface area contributed by atoms with E-state index in [-0.39, 0.29) is 0 Å². The lowest BCUT2D eigenvalue weighted by Crippen LogP contribution is -2.62. The van der Waals surface area contributed by atoms with E-state index < -0.39 is 0 Å². The van der Waals surface area contributed by atoms with Gasteiger partial charge in [0.2, 0.25) is 0 Å². The molecule has 0 aliphatic carbocycles. The Morgan fingerprint density at radius 2 is 2.07 bits per heavy atom. The zero-order valence-corrected chi connectivity index (χ0v) is 10.4. The van der Waals surface area contributed by atoms with Crippen molar-refractivity contribution in [2.75, 3.05) is 7.05 Å². The third-order valence-corrected chi connectivity index (χ3v) is 3.54. The molecule has 2 heteroatoms. The number of hydrogen-bond acceptors (Lipinski definition) is 2. The van der Waals surface area contributed by atoms with Crippen LogP contribution in [-0.2, 0) is 0 Å². The van der Waals surface area contributed by atoms with Crippen LogP contribution in [0.4, 0.5) is 0 Å². The van der Waals surface area contributed by atoms with E-state index in [9.17, 15) is 0 Å². The molecule has 1 N–H and O–H groups in total. The summed E-state index contributed by atoms with van der Waals surface area (Å²) in [4.78, 5) is 2.50. The second-order valence-electron chi connectivity index (χ2n) is 5.35. The first-order valence-electron chi connectivity index (χ1n) is 5.96. The monoisotopic (exact) mass is 198 g/mol. The second-order valence-corrected chi connectivity index (χ2v) is 5.35. The predicted octanol–water partition coefficient (Wildman–Crippen LogP) is 2.59. The van der Waals surface area contributed by atoms with Crippen molar-refractivity contribution >= 4 is 0 Å². The van der Waals surface area contributed by atoms with Gasteiger partial charge in [-0.2, -0.15) is 0 Å². The van der Waals surface area contributed by atoms with Gasteiger partial charge >= 0.3 is 0 Å². The van der Waals surface area contributed by atoms with Crippen molar-refractivity contribution in [1.82, 2.24) is 10.2 Å². The number of nitrogens with one attached hydrogen (secondary N) is 1. The molecule has 1 heterocycles. The predicted molar refractivity (Wildman–Crippen MR) is 62.4 cm³/mol. The van der Waals surface area contributed by atoms with Gasteiger partial charge in [-0.05, 0) is 40.7 Å². The lowest BCUT2D eigenvalue weighted by Gasteiger charge is -2.49. The van der Waals surface area contributed by atoms with Gasteiger partial charge in [0.1, 0.15) is 0 Å². The van der Waals surface area contributed by atoms with Gasteiger partial charge < -0.3 is 0 Å². The van der Waals surface area contributed by atoms with Crippen LogP contribution in [0.1, 0.15) is 53.4 Å². The SMILES string of the molecule is CCCCC1NC(C)CC(C)(C)N1C. The van der Waals surface area contributed by atoms with Crippen LogP contribution >= 0.6 is 0 Å². The van der Waals surface area contributed by atoms with Crippen molar-refractivity contribution in [1.29, 1.82) is 0 Å². The highest BCUT2D eigenvalue weighted by molar-refractivity contribution is 4.92. The molecular weight excluding hydrogens is 172 g/mol. The van der Waals surface area contributed by atoms with Crippen molar-refractivity contribution < 1.29 is 0 Å². The number of rotatable bonds is 3. The zero-order chi connectivity index (χ0) is 10.8. The standard InChI is InChI=1S/C12H26N2/c1-6-7-8-11-13-10(2)9-12(3,4)14(11)5/h10-11,13H,6-9H2,1-5H3. The van der Waals surface area contributed by atoms with Gasteiger partial charge in [0.05, 0.1) is 6.17 Å². The highest BCUT2D eigenvalue weighted by Crippen LogP contribution is 2.27. The molecule has 0 saturated carbocycles. The minimum atomic E-state index is 0.350. The Balaban J connectivity index is 2.56. The Labute approximate surface area is 89.1 Å². The minimum absolute atomic E-state index is 0.350. The summed E-state index contributed by atoms with van der Waals surface area (Å²) in [7, 11) is 2.25. The van der Waals surface area contributed by atoms with Gasteiger partial charge in [-0.3, -0.25) is 10.2 Å². The lowest BCUT2D eigenvalue weighted by molar-refractivity contribution is 0.0147. The Bertz CT molecular complexity index is 177. The first-order chi connectivity index (χ1) is 6.47. The van der Waals surface area contributed by atoms with Gasteiger partial charge in [-0.15, -0.1) is 0 Å². The Morgan fingerprint density at radius 3 is 2.64 bits per heavy atom. The van der Waals surface area contributed by atoms with Gasteiger partial charge in [0.15, 0.2) is 0 Å². The molecule has 0 radical (unpaired) electrons. The Morgan fingerprint density at radius 1 is 1.43 bits per heavy atom. The number of nitrogens with zero attached hydrogens (tertiary/aromatic N) is 1. The second kappa shape index (κ2) is 4.63. The van der Waals surface area contributed by atoms with Crippen molar-refractivity contribution in [3.63, 3.8) is 0 Å². The van der Waals surface area contributed by atoms with Crippen molar-refractivity contribution in [3.8, 4) is 0 Å². The van der Waals surface area contributed by atoms with Gasteiger partial charge in [0.25, 0.3) is 0 Å². The summed E-state index contributed by atoms with van der Waals surface area (Å²) in [6.45, 7) is 9.26. The summed E-state index contributed by atoms with van der Waals surface area (Å²) in [6, 6.07) is 0.656. The molecule has 0 aromatic carbocycles. The first kappa shape index (κ1) is 12.0. The van der Waals surface area contributed by atoms with E-state index in [2.05, 4.69) is 45.0 Å². The van der Waals surface area contributed by atoms with Crippen molar-refractivity contribution in [2.45, 2.75) is 71.1 Å². The first-order valence-corrected chi connectivity index (χ1v) is 5.96.